The molecule has 0 aliphatic rings. The molecule has 1 unspecified atom stereocenters. The topological polar surface area (TPSA) is 62.2 Å². The summed E-state index contributed by atoms with van der Waals surface area (Å²) in [5.74, 6) is -4.30. The Kier molecular flexibility index (Phi) is 4.42. The van der Waals surface area contributed by atoms with Crippen molar-refractivity contribution in [1.29, 1.82) is 0 Å². The SMILES string of the molecule is O=C(O)C(CNCc1cccc2cccnc12)C(F)(F)F. The van der Waals surface area contributed by atoms with Crippen molar-refractivity contribution in [3.8, 4) is 0 Å². The molecule has 0 bridgehead atoms. The number of hydrogen-bond acceptors (Lipinski definition) is 3. The number of carboxylic acids is 1. The molecule has 112 valence electrons. The molecule has 0 spiro atoms. The van der Waals surface area contributed by atoms with Gasteiger partial charge in [0, 0.05) is 24.7 Å². The minimum atomic E-state index is -4.77. The molecule has 0 saturated heterocycles. The highest BCUT2D eigenvalue weighted by molar-refractivity contribution is 5.81. The van der Waals surface area contributed by atoms with E-state index in [1.807, 2.05) is 12.1 Å². The number of hydrogen-bond donors (Lipinski definition) is 2. The van der Waals surface area contributed by atoms with Gasteiger partial charge in [-0.15, -0.1) is 0 Å². The number of para-hydroxylation sites is 1. The number of pyridine rings is 1. The van der Waals surface area contributed by atoms with Gasteiger partial charge in [-0.05, 0) is 11.6 Å². The molecule has 1 aromatic carbocycles. The zero-order chi connectivity index (χ0) is 15.5. The number of nitrogens with one attached hydrogen (secondary N) is 1. The lowest BCUT2D eigenvalue weighted by atomic mass is 10.1. The van der Waals surface area contributed by atoms with E-state index in [1.54, 1.807) is 24.4 Å². The summed E-state index contributed by atoms with van der Waals surface area (Å²) in [6, 6.07) is 8.98. The number of carboxylic acid groups (broad SMARTS) is 1. The summed E-state index contributed by atoms with van der Waals surface area (Å²) in [4.78, 5) is 14.8. The first-order valence-corrected chi connectivity index (χ1v) is 6.22. The molecule has 0 amide bonds. The third kappa shape index (κ3) is 3.69. The van der Waals surface area contributed by atoms with Crippen LogP contribution in [0.5, 0.6) is 0 Å². The van der Waals surface area contributed by atoms with E-state index in [0.29, 0.717) is 5.52 Å². The van der Waals surface area contributed by atoms with Crippen LogP contribution in [0, 0.1) is 5.92 Å². The van der Waals surface area contributed by atoms with E-state index in [4.69, 9.17) is 5.11 Å². The van der Waals surface area contributed by atoms with Crippen LogP contribution in [-0.2, 0) is 11.3 Å². The van der Waals surface area contributed by atoms with Crippen molar-refractivity contribution in [2.24, 2.45) is 5.92 Å². The van der Waals surface area contributed by atoms with E-state index in [0.717, 1.165) is 10.9 Å². The van der Waals surface area contributed by atoms with E-state index in [2.05, 4.69) is 10.3 Å². The van der Waals surface area contributed by atoms with E-state index < -0.39 is 24.6 Å². The van der Waals surface area contributed by atoms with Gasteiger partial charge in [0.1, 0.15) is 0 Å². The molecule has 2 N–H and O–H groups in total. The second kappa shape index (κ2) is 6.09. The van der Waals surface area contributed by atoms with E-state index in [9.17, 15) is 18.0 Å². The van der Waals surface area contributed by atoms with Gasteiger partial charge in [-0.3, -0.25) is 9.78 Å². The first kappa shape index (κ1) is 15.2. The fraction of sp³-hybridized carbons (Fsp3) is 0.286. The van der Waals surface area contributed by atoms with Gasteiger partial charge < -0.3 is 10.4 Å². The summed E-state index contributed by atoms with van der Waals surface area (Å²) in [5.41, 5.74) is 1.41. The quantitative estimate of drug-likeness (QED) is 0.890. The van der Waals surface area contributed by atoms with Gasteiger partial charge in [0.05, 0.1) is 5.52 Å². The maximum atomic E-state index is 12.5. The highest BCUT2D eigenvalue weighted by atomic mass is 19.4. The van der Waals surface area contributed by atoms with Gasteiger partial charge in [0.25, 0.3) is 0 Å². The largest absolute Gasteiger partial charge is 0.481 e. The van der Waals surface area contributed by atoms with Gasteiger partial charge >= 0.3 is 12.1 Å². The second-order valence-corrected chi connectivity index (χ2v) is 4.56. The molecule has 0 aliphatic carbocycles. The summed E-state index contributed by atoms with van der Waals surface area (Å²) in [5, 5.41) is 12.0. The fourth-order valence-electron chi connectivity index (χ4n) is 2.00. The van der Waals surface area contributed by atoms with Crippen LogP contribution in [0.25, 0.3) is 10.9 Å². The van der Waals surface area contributed by atoms with Crippen LogP contribution in [0.1, 0.15) is 5.56 Å². The lowest BCUT2D eigenvalue weighted by molar-refractivity contribution is -0.192. The Labute approximate surface area is 118 Å². The molecule has 4 nitrogen and oxygen atoms in total. The Hall–Kier alpha value is -2.15. The number of halogens is 3. The summed E-state index contributed by atoms with van der Waals surface area (Å²) < 4.78 is 37.5. The Bertz CT molecular complexity index is 638. The van der Waals surface area contributed by atoms with Crippen LogP contribution in [0.3, 0.4) is 0 Å². The molecule has 0 saturated carbocycles. The number of carbonyl (C=O) groups is 1. The maximum absolute atomic E-state index is 12.5. The van der Waals surface area contributed by atoms with Crippen LogP contribution in [0.4, 0.5) is 13.2 Å². The third-order valence-corrected chi connectivity index (χ3v) is 3.07. The van der Waals surface area contributed by atoms with Crippen molar-refractivity contribution >= 4 is 16.9 Å². The Balaban J connectivity index is 2.07. The van der Waals surface area contributed by atoms with Crippen molar-refractivity contribution < 1.29 is 23.1 Å². The Morgan fingerprint density at radius 3 is 2.67 bits per heavy atom. The second-order valence-electron chi connectivity index (χ2n) is 4.56. The number of rotatable bonds is 5. The third-order valence-electron chi connectivity index (χ3n) is 3.07. The predicted molar refractivity (Wildman–Crippen MR) is 70.6 cm³/mol. The van der Waals surface area contributed by atoms with Crippen LogP contribution >= 0.6 is 0 Å². The average Bonchev–Trinajstić information content (AvgIpc) is 2.42. The van der Waals surface area contributed by atoms with Crippen molar-refractivity contribution in [1.82, 2.24) is 10.3 Å². The molecule has 0 radical (unpaired) electrons. The number of aromatic nitrogens is 1. The van der Waals surface area contributed by atoms with Crippen LogP contribution in [-0.4, -0.2) is 28.8 Å². The molecule has 0 fully saturated rings. The lowest BCUT2D eigenvalue weighted by Gasteiger charge is -2.16. The normalized spacial score (nSPS) is 13.3. The van der Waals surface area contributed by atoms with E-state index in [1.165, 1.54) is 0 Å². The summed E-state index contributed by atoms with van der Waals surface area (Å²) in [6.07, 6.45) is -3.17. The van der Waals surface area contributed by atoms with Crippen LogP contribution < -0.4 is 5.32 Å². The number of benzene rings is 1. The standard InChI is InChI=1S/C14H13F3N2O2/c15-14(16,17)11(13(20)21)8-18-7-10-4-1-3-9-5-2-6-19-12(9)10/h1-6,11,18H,7-8H2,(H,20,21). The molecular formula is C14H13F3N2O2. The zero-order valence-electron chi connectivity index (χ0n) is 10.9. The molecule has 0 aliphatic heterocycles. The summed E-state index contributed by atoms with van der Waals surface area (Å²) >= 11 is 0. The van der Waals surface area contributed by atoms with Gasteiger partial charge in [0.2, 0.25) is 0 Å². The average molecular weight is 298 g/mol. The fourth-order valence-corrected chi connectivity index (χ4v) is 2.00. The Morgan fingerprint density at radius 2 is 2.00 bits per heavy atom. The molecule has 2 rings (SSSR count). The summed E-state index contributed by atoms with van der Waals surface area (Å²) in [7, 11) is 0. The molecule has 7 heteroatoms. The minimum absolute atomic E-state index is 0.119. The highest BCUT2D eigenvalue weighted by Gasteiger charge is 2.44. The molecule has 1 atom stereocenters. The predicted octanol–water partition coefficient (Wildman–Crippen LogP) is 2.59. The van der Waals surface area contributed by atoms with Crippen molar-refractivity contribution in [3.05, 3.63) is 42.1 Å². The molecule has 21 heavy (non-hydrogen) atoms. The van der Waals surface area contributed by atoms with Crippen molar-refractivity contribution in [3.63, 3.8) is 0 Å². The van der Waals surface area contributed by atoms with Crippen molar-refractivity contribution in [2.45, 2.75) is 12.7 Å². The van der Waals surface area contributed by atoms with Crippen molar-refractivity contribution in [2.75, 3.05) is 6.54 Å². The number of fused-ring (bicyclic) bond motifs is 1. The first-order chi connectivity index (χ1) is 9.89. The van der Waals surface area contributed by atoms with Gasteiger partial charge in [-0.2, -0.15) is 13.2 Å². The molecule has 2 aromatic rings. The van der Waals surface area contributed by atoms with Gasteiger partial charge in [-0.25, -0.2) is 0 Å². The van der Waals surface area contributed by atoms with E-state index in [-0.39, 0.29) is 6.54 Å². The van der Waals surface area contributed by atoms with Crippen LogP contribution in [0.15, 0.2) is 36.5 Å². The highest BCUT2D eigenvalue weighted by Crippen LogP contribution is 2.26. The lowest BCUT2D eigenvalue weighted by Crippen LogP contribution is -2.38. The first-order valence-electron chi connectivity index (χ1n) is 6.22. The zero-order valence-corrected chi connectivity index (χ0v) is 10.9. The number of alkyl halides is 3. The Morgan fingerprint density at radius 1 is 1.29 bits per heavy atom. The molecular weight excluding hydrogens is 285 g/mol. The van der Waals surface area contributed by atoms with E-state index >= 15 is 0 Å². The summed E-state index contributed by atoms with van der Waals surface area (Å²) in [6.45, 7) is -0.559. The molecule has 1 heterocycles. The minimum Gasteiger partial charge on any atom is -0.481 e. The monoisotopic (exact) mass is 298 g/mol. The van der Waals surface area contributed by atoms with Gasteiger partial charge in [0.15, 0.2) is 5.92 Å². The smallest absolute Gasteiger partial charge is 0.403 e. The number of nitrogens with zero attached hydrogens (tertiary/aromatic N) is 1. The molecule has 1 aromatic heterocycles. The van der Waals surface area contributed by atoms with Gasteiger partial charge in [-0.1, -0.05) is 24.3 Å². The maximum Gasteiger partial charge on any atom is 0.403 e. The number of aliphatic carboxylic acids is 1. The van der Waals surface area contributed by atoms with Crippen LogP contribution in [0.2, 0.25) is 0 Å².